The average Bonchev–Trinajstić information content (AvgIpc) is 2.63. The molecule has 0 aliphatic rings. The van der Waals surface area contributed by atoms with Crippen molar-refractivity contribution in [3.63, 3.8) is 0 Å². The molecule has 25 heavy (non-hydrogen) atoms. The van der Waals surface area contributed by atoms with Crippen molar-refractivity contribution in [1.29, 1.82) is 0 Å². The Hall–Kier alpha value is -2.69. The van der Waals surface area contributed by atoms with Crippen molar-refractivity contribution in [3.8, 4) is 5.75 Å². The Morgan fingerprint density at radius 2 is 1.72 bits per heavy atom. The first-order valence-electron chi connectivity index (χ1n) is 8.55. The smallest absolute Gasteiger partial charge is 0.335 e. The van der Waals surface area contributed by atoms with Crippen LogP contribution in [0.4, 0.5) is 0 Å². The maximum atomic E-state index is 11.9. The number of Topliss-reactive ketones (excluding diaryl/α,β-unsaturated/α-hetero) is 1. The van der Waals surface area contributed by atoms with Gasteiger partial charge in [-0.2, -0.15) is 0 Å². The lowest BCUT2D eigenvalue weighted by Gasteiger charge is -2.11. The summed E-state index contributed by atoms with van der Waals surface area (Å²) in [5.41, 5.74) is -0.0238. The van der Waals surface area contributed by atoms with Crippen molar-refractivity contribution < 1.29 is 24.8 Å². The van der Waals surface area contributed by atoms with Crippen LogP contribution in [0.3, 0.4) is 0 Å². The highest BCUT2D eigenvalue weighted by Crippen LogP contribution is 2.18. The van der Waals surface area contributed by atoms with E-state index in [-0.39, 0.29) is 11.3 Å². The molecule has 0 spiro atoms. The van der Waals surface area contributed by atoms with E-state index >= 15 is 0 Å². The van der Waals surface area contributed by atoms with E-state index in [4.69, 9.17) is 5.11 Å². The van der Waals surface area contributed by atoms with Crippen LogP contribution in [0.25, 0.3) is 0 Å². The number of nitrogens with one attached hydrogen (secondary N) is 1. The van der Waals surface area contributed by atoms with Crippen LogP contribution in [0.1, 0.15) is 66.2 Å². The summed E-state index contributed by atoms with van der Waals surface area (Å²) in [7, 11) is 0. The number of rotatable bonds is 8. The van der Waals surface area contributed by atoms with Crippen molar-refractivity contribution in [3.05, 3.63) is 59.9 Å². The Kier molecular flexibility index (Phi) is 9.60. The highest BCUT2D eigenvalue weighted by Gasteiger charge is 2.10. The number of carbonyl (C=O) groups excluding carboxylic acids is 1. The number of H-pyrrole nitrogens is 1. The molecule has 0 radical (unpaired) electrons. The molecule has 0 amide bonds. The Morgan fingerprint density at radius 1 is 1.04 bits per heavy atom. The van der Waals surface area contributed by atoms with E-state index in [0.29, 0.717) is 12.0 Å². The van der Waals surface area contributed by atoms with Gasteiger partial charge in [0.25, 0.3) is 0 Å². The Morgan fingerprint density at radius 3 is 2.24 bits per heavy atom. The molecule has 5 heteroatoms. The molecule has 134 valence electrons. The van der Waals surface area contributed by atoms with Crippen LogP contribution >= 0.6 is 0 Å². The number of aromatic carboxylic acids is 1. The minimum absolute atomic E-state index is 0.0981. The highest BCUT2D eigenvalue weighted by molar-refractivity contribution is 5.99. The first-order valence-corrected chi connectivity index (χ1v) is 8.55. The number of carboxylic acid groups (broad SMARTS) is 1. The van der Waals surface area contributed by atoms with Gasteiger partial charge in [0.15, 0.2) is 18.2 Å². The lowest BCUT2D eigenvalue weighted by atomic mass is 10.0. The van der Waals surface area contributed by atoms with E-state index in [0.717, 1.165) is 31.7 Å². The third-order valence-corrected chi connectivity index (χ3v) is 3.65. The van der Waals surface area contributed by atoms with E-state index in [1.165, 1.54) is 18.6 Å². The normalized spacial score (nSPS) is 9.80. The van der Waals surface area contributed by atoms with Crippen molar-refractivity contribution in [2.45, 2.75) is 45.4 Å². The molecule has 2 aromatic rings. The zero-order valence-electron chi connectivity index (χ0n) is 14.5. The molecular weight excluding hydrogens is 318 g/mol. The van der Waals surface area contributed by atoms with Gasteiger partial charge in [0, 0.05) is 24.1 Å². The molecule has 0 saturated heterocycles. The van der Waals surface area contributed by atoms with Crippen LogP contribution in [0.2, 0.25) is 0 Å². The molecule has 2 rings (SSSR count). The second kappa shape index (κ2) is 11.8. The molecule has 0 saturated carbocycles. The molecule has 0 bridgehead atoms. The van der Waals surface area contributed by atoms with Gasteiger partial charge in [-0.25, -0.2) is 9.78 Å². The summed E-state index contributed by atoms with van der Waals surface area (Å²) in [6.45, 7) is 2.13. The maximum Gasteiger partial charge on any atom is 0.335 e. The molecule has 0 aliphatic carbocycles. The van der Waals surface area contributed by atoms with E-state index < -0.39 is 11.7 Å². The van der Waals surface area contributed by atoms with Crippen molar-refractivity contribution in [2.24, 2.45) is 0 Å². The van der Waals surface area contributed by atoms with Crippen LogP contribution in [0.15, 0.2) is 48.8 Å². The number of ketones is 1. The van der Waals surface area contributed by atoms with Crippen LogP contribution in [0, 0.1) is 0 Å². The topological polar surface area (TPSA) is 91.6 Å². The summed E-state index contributed by atoms with van der Waals surface area (Å²) in [4.78, 5) is 25.6. The van der Waals surface area contributed by atoms with E-state index in [1.54, 1.807) is 0 Å². The maximum absolute atomic E-state index is 11.9. The first-order chi connectivity index (χ1) is 12.1. The van der Waals surface area contributed by atoms with Crippen molar-refractivity contribution in [2.75, 3.05) is 0 Å². The van der Waals surface area contributed by atoms with Gasteiger partial charge in [-0.05, 0) is 12.5 Å². The van der Waals surface area contributed by atoms with Gasteiger partial charge in [-0.15, -0.1) is 0 Å². The van der Waals surface area contributed by atoms with Crippen molar-refractivity contribution >= 4 is 11.8 Å². The SMILES string of the molecule is CCCCCCCC(=O)c1ccc([O-])c(C(=O)O)c1.c1cc[nH+]cc1. The zero-order valence-corrected chi connectivity index (χ0v) is 14.5. The standard InChI is InChI=1S/C15H20O4.C5H5N/c1-2-3-4-5-6-7-13(16)11-8-9-14(17)12(10-11)15(18)19;1-2-4-6-5-3-1/h8-10,17H,2-7H2,1H3,(H,18,19);1-5H. The first kappa shape index (κ1) is 20.4. The number of benzene rings is 1. The van der Waals surface area contributed by atoms with E-state index in [1.807, 2.05) is 30.6 Å². The van der Waals surface area contributed by atoms with Crippen LogP contribution in [-0.2, 0) is 0 Å². The molecule has 0 unspecified atom stereocenters. The molecule has 5 nitrogen and oxygen atoms in total. The van der Waals surface area contributed by atoms with Crippen LogP contribution in [0.5, 0.6) is 5.75 Å². The van der Waals surface area contributed by atoms with Gasteiger partial charge in [0.1, 0.15) is 0 Å². The molecule has 0 atom stereocenters. The lowest BCUT2D eigenvalue weighted by Crippen LogP contribution is -2.07. The van der Waals surface area contributed by atoms with Gasteiger partial charge in [-0.3, -0.25) is 4.79 Å². The molecule has 1 heterocycles. The monoisotopic (exact) mass is 343 g/mol. The van der Waals surface area contributed by atoms with Gasteiger partial charge < -0.3 is 10.2 Å². The number of aromatic amines is 1. The predicted molar refractivity (Wildman–Crippen MR) is 93.6 cm³/mol. The zero-order chi connectivity index (χ0) is 18.5. The number of carboxylic acids is 1. The number of hydrogen-bond donors (Lipinski definition) is 1. The average molecular weight is 343 g/mol. The number of aromatic nitrogens is 1. The molecule has 1 aromatic heterocycles. The summed E-state index contributed by atoms with van der Waals surface area (Å²) >= 11 is 0. The fourth-order valence-electron chi connectivity index (χ4n) is 2.25. The Bertz CT molecular complexity index is 629. The summed E-state index contributed by atoms with van der Waals surface area (Å²) in [6, 6.07) is 9.59. The lowest BCUT2D eigenvalue weighted by molar-refractivity contribution is -0.377. The van der Waals surface area contributed by atoms with Crippen LogP contribution < -0.4 is 10.1 Å². The van der Waals surface area contributed by atoms with Gasteiger partial charge in [-0.1, -0.05) is 56.6 Å². The number of carbonyl (C=O) groups is 2. The summed E-state index contributed by atoms with van der Waals surface area (Å²) in [5.74, 6) is -1.95. The predicted octanol–water partition coefficient (Wildman–Crippen LogP) is 3.50. The molecule has 0 aliphatic heterocycles. The minimum Gasteiger partial charge on any atom is -0.872 e. The number of unbranched alkanes of at least 4 members (excludes halogenated alkanes) is 4. The van der Waals surface area contributed by atoms with Crippen molar-refractivity contribution in [1.82, 2.24) is 0 Å². The number of hydrogen-bond acceptors (Lipinski definition) is 3. The third-order valence-electron chi connectivity index (χ3n) is 3.65. The molecule has 1 aromatic carbocycles. The summed E-state index contributed by atoms with van der Waals surface area (Å²) < 4.78 is 0. The van der Waals surface area contributed by atoms with Crippen LogP contribution in [-0.4, -0.2) is 16.9 Å². The van der Waals surface area contributed by atoms with E-state index in [2.05, 4.69) is 11.9 Å². The third kappa shape index (κ3) is 8.11. The van der Waals surface area contributed by atoms with Gasteiger partial charge in [0.2, 0.25) is 0 Å². The fourth-order valence-corrected chi connectivity index (χ4v) is 2.25. The summed E-state index contributed by atoms with van der Waals surface area (Å²) in [6.07, 6.45) is 9.40. The highest BCUT2D eigenvalue weighted by atomic mass is 16.4. The molecule has 0 fully saturated rings. The quantitative estimate of drug-likeness (QED) is 0.586. The second-order valence-corrected chi connectivity index (χ2v) is 5.68. The second-order valence-electron chi connectivity index (χ2n) is 5.68. The number of pyridine rings is 1. The molecule has 2 N–H and O–H groups in total. The largest absolute Gasteiger partial charge is 0.872 e. The molecular formula is C20H25NO4. The minimum atomic E-state index is -1.29. The van der Waals surface area contributed by atoms with Gasteiger partial charge in [0.05, 0.1) is 5.56 Å². The summed E-state index contributed by atoms with van der Waals surface area (Å²) in [5, 5.41) is 20.1. The van der Waals surface area contributed by atoms with E-state index in [9.17, 15) is 14.7 Å². The Labute approximate surface area is 148 Å². The Balaban J connectivity index is 0.000000435. The fraction of sp³-hybridized carbons (Fsp3) is 0.350. The van der Waals surface area contributed by atoms with Gasteiger partial charge >= 0.3 is 5.97 Å².